The number of rotatable bonds is 3. The summed E-state index contributed by atoms with van der Waals surface area (Å²) in [6.45, 7) is 3.98. The van der Waals surface area contributed by atoms with Crippen LogP contribution >= 0.6 is 0 Å². The molecule has 0 aromatic carbocycles. The standard InChI is InChI=1S/C19H19FN8O/c1-11-9-29-6-5-28(11)15-7-12(19-22-10-24-27(19)2)16-13(20)8-21-17(18(16)25-15)14-3-4-23-26-14/h3-4,7-8,10-11H,5-6,9H2,1-2H3,(H,23,26)/t11-/m1/s1. The second-order valence-corrected chi connectivity index (χ2v) is 7.00. The first-order valence-corrected chi connectivity index (χ1v) is 9.31. The van der Waals surface area contributed by atoms with Crippen LogP contribution in [0.25, 0.3) is 33.7 Å². The van der Waals surface area contributed by atoms with E-state index in [1.165, 1.54) is 12.5 Å². The van der Waals surface area contributed by atoms with Gasteiger partial charge in [-0.3, -0.25) is 5.10 Å². The Labute approximate surface area is 165 Å². The molecule has 29 heavy (non-hydrogen) atoms. The lowest BCUT2D eigenvalue weighted by atomic mass is 10.1. The van der Waals surface area contributed by atoms with E-state index in [0.717, 1.165) is 5.82 Å². The van der Waals surface area contributed by atoms with E-state index >= 15 is 4.39 Å². The minimum absolute atomic E-state index is 0.137. The van der Waals surface area contributed by atoms with Crippen LogP contribution in [0.1, 0.15) is 6.92 Å². The number of morpholine rings is 1. The van der Waals surface area contributed by atoms with Crippen molar-refractivity contribution >= 4 is 16.7 Å². The molecular formula is C19H19FN8O. The summed E-state index contributed by atoms with van der Waals surface area (Å²) in [5, 5.41) is 11.4. The summed E-state index contributed by atoms with van der Waals surface area (Å²) in [6, 6.07) is 3.79. The van der Waals surface area contributed by atoms with E-state index in [0.29, 0.717) is 53.4 Å². The van der Waals surface area contributed by atoms with E-state index in [1.54, 1.807) is 24.0 Å². The Kier molecular flexibility index (Phi) is 4.20. The van der Waals surface area contributed by atoms with E-state index in [1.807, 2.05) is 6.07 Å². The molecule has 1 atom stereocenters. The highest BCUT2D eigenvalue weighted by molar-refractivity contribution is 6.00. The third-order valence-corrected chi connectivity index (χ3v) is 5.15. The number of halogens is 1. The Morgan fingerprint density at radius 2 is 2.21 bits per heavy atom. The Balaban J connectivity index is 1.84. The maximum Gasteiger partial charge on any atom is 0.158 e. The lowest BCUT2D eigenvalue weighted by Crippen LogP contribution is -2.44. The van der Waals surface area contributed by atoms with Crippen molar-refractivity contribution in [3.8, 4) is 22.8 Å². The molecule has 5 rings (SSSR count). The van der Waals surface area contributed by atoms with Gasteiger partial charge < -0.3 is 9.64 Å². The molecular weight excluding hydrogens is 375 g/mol. The number of nitrogens with one attached hydrogen (secondary N) is 1. The van der Waals surface area contributed by atoms with Gasteiger partial charge in [0.1, 0.15) is 23.4 Å². The molecule has 10 heteroatoms. The fourth-order valence-electron chi connectivity index (χ4n) is 3.71. The minimum atomic E-state index is -0.463. The predicted octanol–water partition coefficient (Wildman–Crippen LogP) is 2.18. The van der Waals surface area contributed by atoms with Gasteiger partial charge in [-0.05, 0) is 19.1 Å². The molecule has 5 heterocycles. The SMILES string of the molecule is C[C@@H]1COCCN1c1cc(-c2ncnn2C)c2c(F)cnc(-c3ccn[nH]3)c2n1. The van der Waals surface area contributed by atoms with Crippen LogP contribution < -0.4 is 4.90 Å². The fourth-order valence-corrected chi connectivity index (χ4v) is 3.71. The lowest BCUT2D eigenvalue weighted by Gasteiger charge is -2.34. The topological polar surface area (TPSA) is 97.6 Å². The van der Waals surface area contributed by atoms with Crippen LogP contribution in [0, 0.1) is 5.82 Å². The van der Waals surface area contributed by atoms with Crippen molar-refractivity contribution in [1.29, 1.82) is 0 Å². The molecule has 0 unspecified atom stereocenters. The van der Waals surface area contributed by atoms with Gasteiger partial charge in [-0.1, -0.05) is 0 Å². The van der Waals surface area contributed by atoms with Gasteiger partial charge in [0, 0.05) is 25.4 Å². The van der Waals surface area contributed by atoms with Crippen molar-refractivity contribution in [2.75, 3.05) is 24.7 Å². The number of H-pyrrole nitrogens is 1. The van der Waals surface area contributed by atoms with Gasteiger partial charge in [0.2, 0.25) is 0 Å². The summed E-state index contributed by atoms with van der Waals surface area (Å²) in [7, 11) is 1.78. The number of fused-ring (bicyclic) bond motifs is 1. The monoisotopic (exact) mass is 394 g/mol. The molecule has 0 bridgehead atoms. The van der Waals surface area contributed by atoms with Crippen molar-refractivity contribution < 1.29 is 9.13 Å². The van der Waals surface area contributed by atoms with Crippen molar-refractivity contribution in [2.45, 2.75) is 13.0 Å². The maximum atomic E-state index is 15.0. The van der Waals surface area contributed by atoms with Crippen LogP contribution in [0.5, 0.6) is 0 Å². The number of ether oxygens (including phenoxy) is 1. The number of hydrogen-bond acceptors (Lipinski definition) is 7. The molecule has 1 saturated heterocycles. The Bertz CT molecular complexity index is 1170. The van der Waals surface area contributed by atoms with Crippen molar-refractivity contribution in [3.05, 3.63) is 36.7 Å². The molecule has 0 radical (unpaired) electrons. The highest BCUT2D eigenvalue weighted by Crippen LogP contribution is 2.36. The van der Waals surface area contributed by atoms with Crippen LogP contribution in [0.2, 0.25) is 0 Å². The van der Waals surface area contributed by atoms with Gasteiger partial charge in [-0.15, -0.1) is 0 Å². The summed E-state index contributed by atoms with van der Waals surface area (Å²) >= 11 is 0. The maximum absolute atomic E-state index is 15.0. The fraction of sp³-hybridized carbons (Fsp3) is 0.316. The lowest BCUT2D eigenvalue weighted by molar-refractivity contribution is 0.0986. The third-order valence-electron chi connectivity index (χ3n) is 5.15. The van der Waals surface area contributed by atoms with Crippen LogP contribution in [0.3, 0.4) is 0 Å². The molecule has 4 aromatic heterocycles. The average molecular weight is 394 g/mol. The van der Waals surface area contributed by atoms with Crippen molar-refractivity contribution in [1.82, 2.24) is 34.9 Å². The van der Waals surface area contributed by atoms with E-state index in [4.69, 9.17) is 9.72 Å². The van der Waals surface area contributed by atoms with E-state index in [9.17, 15) is 0 Å². The van der Waals surface area contributed by atoms with Crippen molar-refractivity contribution in [3.63, 3.8) is 0 Å². The largest absolute Gasteiger partial charge is 0.377 e. The molecule has 1 fully saturated rings. The molecule has 4 aromatic rings. The van der Waals surface area contributed by atoms with E-state index in [2.05, 4.69) is 37.1 Å². The molecule has 0 saturated carbocycles. The second-order valence-electron chi connectivity index (χ2n) is 7.00. The van der Waals surface area contributed by atoms with Gasteiger partial charge in [0.25, 0.3) is 0 Å². The zero-order valence-corrected chi connectivity index (χ0v) is 16.0. The Hall–Kier alpha value is -3.40. The minimum Gasteiger partial charge on any atom is -0.377 e. The zero-order chi connectivity index (χ0) is 20.0. The summed E-state index contributed by atoms with van der Waals surface area (Å²) < 4.78 is 22.2. The first-order valence-electron chi connectivity index (χ1n) is 9.31. The zero-order valence-electron chi connectivity index (χ0n) is 16.0. The molecule has 9 nitrogen and oxygen atoms in total. The van der Waals surface area contributed by atoms with Gasteiger partial charge in [-0.25, -0.2) is 24.0 Å². The first-order chi connectivity index (χ1) is 14.1. The molecule has 148 valence electrons. The van der Waals surface area contributed by atoms with Crippen molar-refractivity contribution in [2.24, 2.45) is 7.05 Å². The second kappa shape index (κ2) is 6.89. The van der Waals surface area contributed by atoms with Crippen LogP contribution in [-0.2, 0) is 11.8 Å². The number of anilines is 1. The Morgan fingerprint density at radius 1 is 1.31 bits per heavy atom. The number of hydrogen-bond donors (Lipinski definition) is 1. The number of pyridine rings is 2. The number of aromatic amines is 1. The molecule has 0 amide bonds. The molecule has 1 aliphatic heterocycles. The number of nitrogens with zero attached hydrogens (tertiary/aromatic N) is 7. The highest BCUT2D eigenvalue weighted by atomic mass is 19.1. The first kappa shape index (κ1) is 17.7. The molecule has 0 aliphatic carbocycles. The summed E-state index contributed by atoms with van der Waals surface area (Å²) in [4.78, 5) is 15.6. The summed E-state index contributed by atoms with van der Waals surface area (Å²) in [6.07, 6.45) is 4.29. The molecule has 1 aliphatic rings. The summed E-state index contributed by atoms with van der Waals surface area (Å²) in [5.74, 6) is 0.815. The third kappa shape index (κ3) is 2.92. The molecule has 1 N–H and O–H groups in total. The van der Waals surface area contributed by atoms with Gasteiger partial charge in [-0.2, -0.15) is 10.2 Å². The van der Waals surface area contributed by atoms with Crippen LogP contribution in [0.4, 0.5) is 10.2 Å². The van der Waals surface area contributed by atoms with E-state index < -0.39 is 5.82 Å². The number of aromatic nitrogens is 7. The van der Waals surface area contributed by atoms with E-state index in [-0.39, 0.29) is 6.04 Å². The normalized spacial score (nSPS) is 17.2. The molecule has 0 spiro atoms. The van der Waals surface area contributed by atoms with Gasteiger partial charge in [0.15, 0.2) is 11.6 Å². The summed E-state index contributed by atoms with van der Waals surface area (Å²) in [5.41, 5.74) is 2.26. The quantitative estimate of drug-likeness (QED) is 0.569. The average Bonchev–Trinajstić information content (AvgIpc) is 3.40. The van der Waals surface area contributed by atoms with Gasteiger partial charge in [0.05, 0.1) is 36.5 Å². The predicted molar refractivity (Wildman–Crippen MR) is 105 cm³/mol. The smallest absolute Gasteiger partial charge is 0.158 e. The highest BCUT2D eigenvalue weighted by Gasteiger charge is 2.25. The van der Waals surface area contributed by atoms with Crippen LogP contribution in [0.15, 0.2) is 30.9 Å². The van der Waals surface area contributed by atoms with Crippen LogP contribution in [-0.4, -0.2) is 60.7 Å². The Morgan fingerprint density at radius 3 is 2.93 bits per heavy atom. The number of aryl methyl sites for hydroxylation is 1. The van der Waals surface area contributed by atoms with Gasteiger partial charge >= 0.3 is 0 Å².